The second-order valence-electron chi connectivity index (χ2n) is 9.46. The fourth-order valence-corrected chi connectivity index (χ4v) is 6.02. The average molecular weight is 608 g/mol. The Morgan fingerprint density at radius 3 is 2.24 bits per heavy atom. The van der Waals surface area contributed by atoms with Crippen LogP contribution in [-0.2, 0) is 27.8 Å². The highest BCUT2D eigenvalue weighted by atomic mass is 32.2. The van der Waals surface area contributed by atoms with Crippen LogP contribution >= 0.6 is 0 Å². The molecule has 0 radical (unpaired) electrons. The standard InChI is InChI=1S/C27H28F3N5O6S/c1-2-3-18-4-6-19(7-5-18)16-31-25(36)23-17-34(24-13-12-22(26(37)38)32-33-24)14-15-35(23)42(39,40)21-10-8-20(9-11-21)41-27(28,29)30/h4-13,23H,2-3,14-17H2,1H3,(H,31,36)(H,37,38)/t23-/m1/s1. The molecule has 2 aromatic carbocycles. The quantitative estimate of drug-likeness (QED) is 0.355. The summed E-state index contributed by atoms with van der Waals surface area (Å²) in [5.41, 5.74) is 1.67. The number of piperazine rings is 1. The van der Waals surface area contributed by atoms with Crippen LogP contribution < -0.4 is 15.0 Å². The molecule has 1 aromatic heterocycles. The van der Waals surface area contributed by atoms with Gasteiger partial charge in [0.2, 0.25) is 15.9 Å². The van der Waals surface area contributed by atoms with Gasteiger partial charge >= 0.3 is 12.3 Å². The van der Waals surface area contributed by atoms with E-state index < -0.39 is 40.1 Å². The van der Waals surface area contributed by atoms with Gasteiger partial charge in [-0.3, -0.25) is 4.79 Å². The van der Waals surface area contributed by atoms with E-state index in [1.54, 1.807) is 4.90 Å². The van der Waals surface area contributed by atoms with Crippen LogP contribution in [0.25, 0.3) is 0 Å². The van der Waals surface area contributed by atoms with Gasteiger partial charge in [-0.15, -0.1) is 23.4 Å². The summed E-state index contributed by atoms with van der Waals surface area (Å²) in [6.07, 6.45) is -3.04. The maximum absolute atomic E-state index is 13.6. The van der Waals surface area contributed by atoms with E-state index in [9.17, 15) is 31.2 Å². The molecule has 15 heteroatoms. The molecule has 1 aliphatic rings. The molecular formula is C27H28F3N5O6S. The molecule has 224 valence electrons. The molecule has 1 aliphatic heterocycles. The summed E-state index contributed by atoms with van der Waals surface area (Å²) >= 11 is 0. The van der Waals surface area contributed by atoms with Crippen LogP contribution in [0, 0.1) is 0 Å². The van der Waals surface area contributed by atoms with Crippen molar-refractivity contribution in [1.29, 1.82) is 0 Å². The molecule has 0 saturated carbocycles. The molecule has 1 fully saturated rings. The van der Waals surface area contributed by atoms with Gasteiger partial charge in [-0.2, -0.15) is 4.31 Å². The first-order valence-electron chi connectivity index (χ1n) is 12.9. The normalized spacial score (nSPS) is 16.2. The topological polar surface area (TPSA) is 142 Å². The first-order chi connectivity index (χ1) is 19.9. The second kappa shape index (κ2) is 12.7. The SMILES string of the molecule is CCCc1ccc(CNC(=O)[C@H]2CN(c3ccc(C(=O)O)nn3)CCN2S(=O)(=O)c2ccc(OC(F)(F)F)cc2)cc1. The van der Waals surface area contributed by atoms with Gasteiger partial charge in [-0.1, -0.05) is 37.6 Å². The Kier molecular flexibility index (Phi) is 9.31. The number of benzene rings is 2. The van der Waals surface area contributed by atoms with Crippen molar-refractivity contribution >= 4 is 27.7 Å². The number of amides is 1. The van der Waals surface area contributed by atoms with Gasteiger partial charge in [0.25, 0.3) is 0 Å². The molecule has 0 unspecified atom stereocenters. The van der Waals surface area contributed by atoms with E-state index in [2.05, 4.69) is 27.2 Å². The number of nitrogens with zero attached hydrogens (tertiary/aromatic N) is 4. The lowest BCUT2D eigenvalue weighted by Crippen LogP contribution is -2.60. The Labute approximate surface area is 240 Å². The molecule has 3 aromatic rings. The van der Waals surface area contributed by atoms with Crippen LogP contribution in [0.1, 0.15) is 35.0 Å². The molecule has 4 rings (SSSR count). The Morgan fingerprint density at radius 1 is 1.00 bits per heavy atom. The minimum Gasteiger partial charge on any atom is -0.476 e. The van der Waals surface area contributed by atoms with Crippen molar-refractivity contribution in [3.05, 3.63) is 77.5 Å². The maximum Gasteiger partial charge on any atom is 0.573 e. The lowest BCUT2D eigenvalue weighted by Gasteiger charge is -2.40. The molecule has 11 nitrogen and oxygen atoms in total. The van der Waals surface area contributed by atoms with Gasteiger partial charge in [0, 0.05) is 26.2 Å². The van der Waals surface area contributed by atoms with Gasteiger partial charge in [0.15, 0.2) is 11.5 Å². The van der Waals surface area contributed by atoms with Crippen LogP contribution in [0.3, 0.4) is 0 Å². The van der Waals surface area contributed by atoms with Gasteiger partial charge in [-0.05, 0) is 53.9 Å². The van der Waals surface area contributed by atoms with Gasteiger partial charge in [-0.25, -0.2) is 13.2 Å². The number of carbonyl (C=O) groups is 2. The summed E-state index contributed by atoms with van der Waals surface area (Å²) in [5.74, 6) is -2.21. The summed E-state index contributed by atoms with van der Waals surface area (Å²) in [6, 6.07) is 12.8. The van der Waals surface area contributed by atoms with E-state index in [4.69, 9.17) is 5.11 Å². The molecule has 0 aliphatic carbocycles. The predicted octanol–water partition coefficient (Wildman–Crippen LogP) is 3.22. The third-order valence-corrected chi connectivity index (χ3v) is 8.44. The molecule has 2 N–H and O–H groups in total. The number of rotatable bonds is 10. The zero-order chi connectivity index (χ0) is 30.5. The van der Waals surface area contributed by atoms with E-state index in [-0.39, 0.29) is 42.6 Å². The summed E-state index contributed by atoms with van der Waals surface area (Å²) < 4.78 is 69.7. The number of carbonyl (C=O) groups excluding carboxylic acids is 1. The smallest absolute Gasteiger partial charge is 0.476 e. The van der Waals surface area contributed by atoms with E-state index in [1.165, 1.54) is 12.1 Å². The summed E-state index contributed by atoms with van der Waals surface area (Å²) in [5, 5.41) is 19.4. The molecular weight excluding hydrogens is 579 g/mol. The monoisotopic (exact) mass is 607 g/mol. The van der Waals surface area contributed by atoms with Crippen LogP contribution in [0.2, 0.25) is 0 Å². The zero-order valence-corrected chi connectivity index (χ0v) is 23.2. The first kappa shape index (κ1) is 30.7. The highest BCUT2D eigenvalue weighted by molar-refractivity contribution is 7.89. The molecule has 0 bridgehead atoms. The fourth-order valence-electron chi connectivity index (χ4n) is 4.45. The van der Waals surface area contributed by atoms with Crippen LogP contribution in [0.5, 0.6) is 5.75 Å². The minimum atomic E-state index is -4.94. The third kappa shape index (κ3) is 7.53. The number of alkyl halides is 3. The number of aromatic carboxylic acids is 1. The van der Waals surface area contributed by atoms with Crippen molar-refractivity contribution in [2.24, 2.45) is 0 Å². The van der Waals surface area contributed by atoms with Crippen molar-refractivity contribution in [2.75, 3.05) is 24.5 Å². The van der Waals surface area contributed by atoms with Crippen molar-refractivity contribution in [3.63, 3.8) is 0 Å². The third-order valence-electron chi connectivity index (χ3n) is 6.52. The summed E-state index contributed by atoms with van der Waals surface area (Å²) in [7, 11) is -4.34. The number of anilines is 1. The summed E-state index contributed by atoms with van der Waals surface area (Å²) in [6.45, 7) is 1.97. The first-order valence-corrected chi connectivity index (χ1v) is 14.4. The lowest BCUT2D eigenvalue weighted by molar-refractivity contribution is -0.274. The van der Waals surface area contributed by atoms with Gasteiger partial charge in [0.1, 0.15) is 11.8 Å². The molecule has 1 atom stereocenters. The van der Waals surface area contributed by atoms with Crippen molar-refractivity contribution in [2.45, 2.75) is 43.6 Å². The number of aryl methyl sites for hydroxylation is 1. The van der Waals surface area contributed by atoms with Crippen LogP contribution in [0.15, 0.2) is 65.6 Å². The Balaban J connectivity index is 1.57. The number of aromatic nitrogens is 2. The predicted molar refractivity (Wildman–Crippen MR) is 144 cm³/mol. The van der Waals surface area contributed by atoms with Crippen molar-refractivity contribution in [1.82, 2.24) is 19.8 Å². The van der Waals surface area contributed by atoms with Crippen molar-refractivity contribution in [3.8, 4) is 5.75 Å². The van der Waals surface area contributed by atoms with Gasteiger partial charge in [0.05, 0.1) is 4.90 Å². The Morgan fingerprint density at radius 2 is 1.67 bits per heavy atom. The Bertz CT molecular complexity index is 1500. The fraction of sp³-hybridized carbons (Fsp3) is 0.333. The second-order valence-corrected chi connectivity index (χ2v) is 11.4. The van der Waals surface area contributed by atoms with E-state index >= 15 is 0 Å². The molecule has 1 saturated heterocycles. The highest BCUT2D eigenvalue weighted by Gasteiger charge is 2.41. The number of sulfonamides is 1. The largest absolute Gasteiger partial charge is 0.573 e. The van der Waals surface area contributed by atoms with Gasteiger partial charge < -0.3 is 20.1 Å². The average Bonchev–Trinajstić information content (AvgIpc) is 2.96. The number of ether oxygens (including phenoxy) is 1. The Hall–Kier alpha value is -4.24. The van der Waals surface area contributed by atoms with Crippen LogP contribution in [0.4, 0.5) is 19.0 Å². The number of hydrogen-bond donors (Lipinski definition) is 2. The number of carboxylic acids is 1. The highest BCUT2D eigenvalue weighted by Crippen LogP contribution is 2.28. The molecule has 0 spiro atoms. The number of carboxylic acid groups (broad SMARTS) is 1. The lowest BCUT2D eigenvalue weighted by atomic mass is 10.1. The summed E-state index contributed by atoms with van der Waals surface area (Å²) in [4.78, 5) is 25.9. The van der Waals surface area contributed by atoms with E-state index in [0.717, 1.165) is 52.5 Å². The number of nitrogens with one attached hydrogen (secondary N) is 1. The molecule has 2 heterocycles. The van der Waals surface area contributed by atoms with Crippen LogP contribution in [-0.4, -0.2) is 71.9 Å². The maximum atomic E-state index is 13.6. The molecule has 1 amide bonds. The minimum absolute atomic E-state index is 0.0816. The van der Waals surface area contributed by atoms with E-state index in [0.29, 0.717) is 0 Å². The van der Waals surface area contributed by atoms with E-state index in [1.807, 2.05) is 24.3 Å². The van der Waals surface area contributed by atoms with Crippen molar-refractivity contribution < 1.29 is 41.0 Å². The number of hydrogen-bond acceptors (Lipinski definition) is 8. The molecule has 42 heavy (non-hydrogen) atoms. The zero-order valence-electron chi connectivity index (χ0n) is 22.4. The number of halogens is 3.